The Morgan fingerprint density at radius 1 is 1.32 bits per heavy atom. The van der Waals surface area contributed by atoms with Crippen LogP contribution in [0.2, 0.25) is 0 Å². The average molecular weight is 265 g/mol. The summed E-state index contributed by atoms with van der Waals surface area (Å²) in [4.78, 5) is 10.6. The van der Waals surface area contributed by atoms with Crippen LogP contribution in [0.15, 0.2) is 12.1 Å². The number of nitrogens with zero attached hydrogens (tertiary/aromatic N) is 1. The first-order valence-corrected chi connectivity index (χ1v) is 6.08. The van der Waals surface area contributed by atoms with Crippen LogP contribution in [0.4, 0.5) is 5.69 Å². The van der Waals surface area contributed by atoms with E-state index in [2.05, 4.69) is 0 Å². The molecular formula is C12H16BNO5. The standard InChI is InChI=1S/C12H16BNO5/c1-7-5-10(13-18-8(2)9(3)19-13)12(17-4)11(6-7)14(15)16/h5-6,8-9H,1-4H3. The van der Waals surface area contributed by atoms with E-state index in [4.69, 9.17) is 14.0 Å². The molecule has 1 aliphatic heterocycles. The van der Waals surface area contributed by atoms with Gasteiger partial charge in [-0.15, -0.1) is 0 Å². The van der Waals surface area contributed by atoms with Gasteiger partial charge in [0.05, 0.1) is 24.2 Å². The third-order valence-corrected chi connectivity index (χ3v) is 3.23. The van der Waals surface area contributed by atoms with Crippen LogP contribution in [0.3, 0.4) is 0 Å². The van der Waals surface area contributed by atoms with Crippen molar-refractivity contribution in [3.05, 3.63) is 27.8 Å². The third kappa shape index (κ3) is 2.57. The quantitative estimate of drug-likeness (QED) is 0.469. The highest BCUT2D eigenvalue weighted by Gasteiger charge is 2.40. The fourth-order valence-corrected chi connectivity index (χ4v) is 2.10. The highest BCUT2D eigenvalue weighted by atomic mass is 16.7. The first-order chi connectivity index (χ1) is 8.93. The van der Waals surface area contributed by atoms with E-state index >= 15 is 0 Å². The van der Waals surface area contributed by atoms with Crippen LogP contribution in [0.5, 0.6) is 5.75 Å². The number of nitro benzene ring substituents is 1. The van der Waals surface area contributed by atoms with Crippen LogP contribution < -0.4 is 10.2 Å². The van der Waals surface area contributed by atoms with Crippen LogP contribution in [0, 0.1) is 17.0 Å². The molecular weight excluding hydrogens is 249 g/mol. The molecule has 7 heteroatoms. The first kappa shape index (κ1) is 13.8. The lowest BCUT2D eigenvalue weighted by Crippen LogP contribution is -2.34. The maximum atomic E-state index is 11.1. The molecule has 1 aliphatic rings. The number of aryl methyl sites for hydroxylation is 1. The summed E-state index contributed by atoms with van der Waals surface area (Å²) >= 11 is 0. The van der Waals surface area contributed by atoms with Crippen LogP contribution in [0.25, 0.3) is 0 Å². The molecule has 6 nitrogen and oxygen atoms in total. The minimum absolute atomic E-state index is 0.0609. The molecule has 0 aromatic heterocycles. The monoisotopic (exact) mass is 265 g/mol. The van der Waals surface area contributed by atoms with Gasteiger partial charge in [-0.25, -0.2) is 0 Å². The Morgan fingerprint density at radius 3 is 2.37 bits per heavy atom. The van der Waals surface area contributed by atoms with Gasteiger partial charge in [-0.1, -0.05) is 6.07 Å². The number of hydrogen-bond donors (Lipinski definition) is 0. The maximum absolute atomic E-state index is 11.1. The Kier molecular flexibility index (Phi) is 3.77. The number of rotatable bonds is 3. The molecule has 0 bridgehead atoms. The summed E-state index contributed by atoms with van der Waals surface area (Å²) in [6, 6.07) is 3.27. The van der Waals surface area contributed by atoms with Crippen molar-refractivity contribution in [2.45, 2.75) is 33.0 Å². The van der Waals surface area contributed by atoms with Crippen molar-refractivity contribution < 1.29 is 19.0 Å². The van der Waals surface area contributed by atoms with E-state index in [1.807, 2.05) is 13.8 Å². The van der Waals surface area contributed by atoms with Crippen LogP contribution in [-0.4, -0.2) is 31.4 Å². The normalized spacial score (nSPS) is 22.6. The minimum Gasteiger partial charge on any atom is -0.490 e. The highest BCUT2D eigenvalue weighted by molar-refractivity contribution is 6.63. The van der Waals surface area contributed by atoms with Crippen LogP contribution >= 0.6 is 0 Å². The van der Waals surface area contributed by atoms with E-state index in [9.17, 15) is 10.1 Å². The largest absolute Gasteiger partial charge is 0.498 e. The van der Waals surface area contributed by atoms with Crippen molar-refractivity contribution in [1.29, 1.82) is 0 Å². The molecule has 0 N–H and O–H groups in total. The molecule has 0 spiro atoms. The second-order valence-electron chi connectivity index (χ2n) is 4.68. The van der Waals surface area contributed by atoms with E-state index in [1.54, 1.807) is 13.0 Å². The zero-order valence-corrected chi connectivity index (χ0v) is 11.4. The second kappa shape index (κ2) is 5.18. The van der Waals surface area contributed by atoms with Crippen LogP contribution in [-0.2, 0) is 9.31 Å². The number of methoxy groups -OCH3 is 1. The van der Waals surface area contributed by atoms with E-state index in [0.717, 1.165) is 5.56 Å². The molecule has 1 aromatic rings. The lowest BCUT2D eigenvalue weighted by atomic mass is 9.77. The predicted molar refractivity (Wildman–Crippen MR) is 70.9 cm³/mol. The smallest absolute Gasteiger partial charge is 0.490 e. The molecule has 2 rings (SSSR count). The first-order valence-electron chi connectivity index (χ1n) is 6.08. The molecule has 1 fully saturated rings. The summed E-state index contributed by atoms with van der Waals surface area (Å²) in [6.45, 7) is 5.60. The Balaban J connectivity index is 2.48. The van der Waals surface area contributed by atoms with Crippen molar-refractivity contribution in [3.8, 4) is 5.75 Å². The summed E-state index contributed by atoms with van der Waals surface area (Å²) in [7, 11) is 0.779. The minimum atomic E-state index is -0.626. The van der Waals surface area contributed by atoms with Gasteiger partial charge in [-0.2, -0.15) is 0 Å². The SMILES string of the molecule is COc1c(B2OC(C)C(C)O2)cc(C)cc1[N+](=O)[O-]. The number of benzene rings is 1. The van der Waals surface area contributed by atoms with E-state index in [0.29, 0.717) is 5.46 Å². The van der Waals surface area contributed by atoms with Crippen molar-refractivity contribution in [2.75, 3.05) is 7.11 Å². The predicted octanol–water partition coefficient (Wildman–Crippen LogP) is 1.43. The molecule has 2 unspecified atom stereocenters. The summed E-state index contributed by atoms with van der Waals surface area (Å²) < 4.78 is 16.5. The zero-order valence-electron chi connectivity index (χ0n) is 11.4. The summed E-state index contributed by atoms with van der Waals surface area (Å²) in [5, 5.41) is 11.1. The lowest BCUT2D eigenvalue weighted by Gasteiger charge is -2.12. The van der Waals surface area contributed by atoms with Crippen molar-refractivity contribution >= 4 is 18.3 Å². The van der Waals surface area contributed by atoms with E-state index in [-0.39, 0.29) is 23.6 Å². The fraction of sp³-hybridized carbons (Fsp3) is 0.500. The molecule has 1 saturated heterocycles. The average Bonchev–Trinajstić information content (AvgIpc) is 2.68. The Morgan fingerprint density at radius 2 is 1.89 bits per heavy atom. The Labute approximate surface area is 112 Å². The molecule has 1 aromatic carbocycles. The zero-order chi connectivity index (χ0) is 14.2. The molecule has 0 radical (unpaired) electrons. The van der Waals surface area contributed by atoms with Gasteiger partial charge in [0.2, 0.25) is 0 Å². The molecule has 0 saturated carbocycles. The van der Waals surface area contributed by atoms with Crippen molar-refractivity contribution in [1.82, 2.24) is 0 Å². The third-order valence-electron chi connectivity index (χ3n) is 3.23. The summed E-state index contributed by atoms with van der Waals surface area (Å²) in [5.41, 5.74) is 1.25. The second-order valence-corrected chi connectivity index (χ2v) is 4.68. The summed E-state index contributed by atoms with van der Waals surface area (Å²) in [5.74, 6) is 0.196. The molecule has 2 atom stereocenters. The van der Waals surface area contributed by atoms with E-state index < -0.39 is 12.0 Å². The van der Waals surface area contributed by atoms with Crippen molar-refractivity contribution in [3.63, 3.8) is 0 Å². The van der Waals surface area contributed by atoms with Gasteiger partial charge < -0.3 is 14.0 Å². The van der Waals surface area contributed by atoms with E-state index in [1.165, 1.54) is 13.2 Å². The molecule has 19 heavy (non-hydrogen) atoms. The van der Waals surface area contributed by atoms with Gasteiger partial charge in [0.15, 0.2) is 5.75 Å². The molecule has 1 heterocycles. The Hall–Kier alpha value is -1.60. The van der Waals surface area contributed by atoms with Gasteiger partial charge >= 0.3 is 12.8 Å². The summed E-state index contributed by atoms with van der Waals surface area (Å²) in [6.07, 6.45) is -0.122. The van der Waals surface area contributed by atoms with Gasteiger partial charge in [0.25, 0.3) is 0 Å². The topological polar surface area (TPSA) is 70.8 Å². The van der Waals surface area contributed by atoms with Gasteiger partial charge in [-0.3, -0.25) is 10.1 Å². The number of nitro groups is 1. The van der Waals surface area contributed by atoms with Crippen LogP contribution in [0.1, 0.15) is 19.4 Å². The number of ether oxygens (including phenoxy) is 1. The lowest BCUT2D eigenvalue weighted by molar-refractivity contribution is -0.385. The van der Waals surface area contributed by atoms with Gasteiger partial charge in [-0.05, 0) is 26.3 Å². The Bertz CT molecular complexity index is 497. The fourth-order valence-electron chi connectivity index (χ4n) is 2.10. The molecule has 0 amide bonds. The number of hydrogen-bond acceptors (Lipinski definition) is 5. The maximum Gasteiger partial charge on any atom is 0.498 e. The van der Waals surface area contributed by atoms with Gasteiger partial charge in [0.1, 0.15) is 0 Å². The molecule has 102 valence electrons. The highest BCUT2D eigenvalue weighted by Crippen LogP contribution is 2.28. The van der Waals surface area contributed by atoms with Gasteiger partial charge in [0, 0.05) is 11.5 Å². The van der Waals surface area contributed by atoms with Crippen molar-refractivity contribution in [2.24, 2.45) is 0 Å². The molecule has 0 aliphatic carbocycles.